The highest BCUT2D eigenvalue weighted by molar-refractivity contribution is 7.92. The van der Waals surface area contributed by atoms with Gasteiger partial charge in [-0.2, -0.15) is 0 Å². The second kappa shape index (κ2) is 8.81. The van der Waals surface area contributed by atoms with Crippen LogP contribution in [-0.4, -0.2) is 51.6 Å². The summed E-state index contributed by atoms with van der Waals surface area (Å²) in [4.78, 5) is 14.1. The number of morpholine rings is 1. The summed E-state index contributed by atoms with van der Waals surface area (Å²) in [7, 11) is -3.79. The van der Waals surface area contributed by atoms with Crippen molar-refractivity contribution in [2.75, 3.05) is 31.0 Å². The highest BCUT2D eigenvalue weighted by Gasteiger charge is 2.24. The maximum absolute atomic E-state index is 12.5. The first-order valence-corrected chi connectivity index (χ1v) is 10.6. The van der Waals surface area contributed by atoms with Crippen molar-refractivity contribution < 1.29 is 22.7 Å². The van der Waals surface area contributed by atoms with E-state index in [-0.39, 0.29) is 10.8 Å². The average Bonchev–Trinajstić information content (AvgIpc) is 2.70. The van der Waals surface area contributed by atoms with Gasteiger partial charge < -0.3 is 14.4 Å². The summed E-state index contributed by atoms with van der Waals surface area (Å²) in [5, 5.41) is 0.307. The number of carbonyl (C=O) groups is 1. The van der Waals surface area contributed by atoms with Crippen molar-refractivity contribution in [3.63, 3.8) is 0 Å². The number of nitrogens with one attached hydrogen (secondary N) is 1. The smallest absolute Gasteiger partial charge is 0.263 e. The molecule has 0 bridgehead atoms. The maximum atomic E-state index is 12.5. The Kier molecular flexibility index (Phi) is 6.43. The van der Waals surface area contributed by atoms with Crippen LogP contribution in [0.15, 0.2) is 53.4 Å². The summed E-state index contributed by atoms with van der Waals surface area (Å²) < 4.78 is 38.4. The van der Waals surface area contributed by atoms with Crippen LogP contribution in [-0.2, 0) is 19.6 Å². The minimum atomic E-state index is -3.79. The van der Waals surface area contributed by atoms with Gasteiger partial charge in [0.05, 0.1) is 28.8 Å². The fraction of sp³-hybridized carbons (Fsp3) is 0.316. The van der Waals surface area contributed by atoms with Crippen LogP contribution >= 0.6 is 11.6 Å². The van der Waals surface area contributed by atoms with Gasteiger partial charge in [0.25, 0.3) is 15.9 Å². The molecule has 1 heterocycles. The van der Waals surface area contributed by atoms with Crippen LogP contribution in [0.3, 0.4) is 0 Å². The molecule has 9 heteroatoms. The summed E-state index contributed by atoms with van der Waals surface area (Å²) in [5.41, 5.74) is 0.300. The molecule has 2 aromatic rings. The molecule has 1 amide bonds. The number of ether oxygens (including phenoxy) is 2. The van der Waals surface area contributed by atoms with E-state index < -0.39 is 16.1 Å². The van der Waals surface area contributed by atoms with Crippen molar-refractivity contribution in [2.24, 2.45) is 0 Å². The van der Waals surface area contributed by atoms with E-state index in [4.69, 9.17) is 21.1 Å². The van der Waals surface area contributed by atoms with E-state index >= 15 is 0 Å². The molecule has 0 aliphatic carbocycles. The van der Waals surface area contributed by atoms with Gasteiger partial charge in [0.1, 0.15) is 5.75 Å². The van der Waals surface area contributed by atoms with E-state index in [2.05, 4.69) is 4.72 Å². The van der Waals surface area contributed by atoms with Crippen molar-refractivity contribution in [1.29, 1.82) is 0 Å². The lowest BCUT2D eigenvalue weighted by atomic mass is 10.3. The molecule has 3 rings (SSSR count). The third-order valence-corrected chi connectivity index (χ3v) is 5.95. The molecule has 0 saturated carbocycles. The fourth-order valence-electron chi connectivity index (χ4n) is 2.74. The zero-order valence-corrected chi connectivity index (χ0v) is 16.9. The van der Waals surface area contributed by atoms with Gasteiger partial charge in [-0.15, -0.1) is 0 Å². The van der Waals surface area contributed by atoms with Gasteiger partial charge in [0, 0.05) is 13.1 Å². The lowest BCUT2D eigenvalue weighted by Gasteiger charge is -2.29. The largest absolute Gasteiger partial charge is 0.481 e. The number of rotatable bonds is 6. The molecule has 1 N–H and O–H groups in total. The Balaban J connectivity index is 1.65. The third-order valence-electron chi connectivity index (χ3n) is 4.24. The topological polar surface area (TPSA) is 84.9 Å². The van der Waals surface area contributed by atoms with Crippen LogP contribution in [0.1, 0.15) is 6.92 Å². The fourth-order valence-corrected chi connectivity index (χ4v) is 4.06. The number of para-hydroxylation sites is 1. The van der Waals surface area contributed by atoms with Gasteiger partial charge in [0.2, 0.25) is 0 Å². The molecule has 1 aliphatic heterocycles. The van der Waals surface area contributed by atoms with Crippen molar-refractivity contribution in [3.05, 3.63) is 53.6 Å². The van der Waals surface area contributed by atoms with Gasteiger partial charge >= 0.3 is 0 Å². The Bertz CT molecular complexity index is 928. The second-order valence-electron chi connectivity index (χ2n) is 6.25. The van der Waals surface area contributed by atoms with E-state index in [1.165, 1.54) is 24.3 Å². The first-order valence-electron chi connectivity index (χ1n) is 8.77. The molecular formula is C19H21ClN2O5S. The van der Waals surface area contributed by atoms with Crippen LogP contribution in [0.5, 0.6) is 5.75 Å². The molecule has 1 aliphatic rings. The molecule has 0 unspecified atom stereocenters. The summed E-state index contributed by atoms with van der Waals surface area (Å²) in [6.07, 6.45) is -0.679. The zero-order valence-electron chi connectivity index (χ0n) is 15.3. The Morgan fingerprint density at radius 3 is 2.43 bits per heavy atom. The van der Waals surface area contributed by atoms with Crippen molar-refractivity contribution in [1.82, 2.24) is 4.90 Å². The number of amides is 1. The van der Waals surface area contributed by atoms with Crippen molar-refractivity contribution in [2.45, 2.75) is 17.9 Å². The molecule has 0 aromatic heterocycles. The maximum Gasteiger partial charge on any atom is 0.263 e. The van der Waals surface area contributed by atoms with Gasteiger partial charge in [-0.05, 0) is 43.3 Å². The number of anilines is 1. The minimum absolute atomic E-state index is 0.0620. The zero-order chi connectivity index (χ0) is 20.1. The Labute approximate surface area is 169 Å². The Morgan fingerprint density at radius 2 is 1.79 bits per heavy atom. The summed E-state index contributed by atoms with van der Waals surface area (Å²) in [6, 6.07) is 12.5. The Hall–Kier alpha value is -2.29. The highest BCUT2D eigenvalue weighted by Crippen LogP contribution is 2.25. The van der Waals surface area contributed by atoms with Crippen molar-refractivity contribution in [3.8, 4) is 5.75 Å². The lowest BCUT2D eigenvalue weighted by molar-refractivity contribution is -0.142. The normalized spacial score (nSPS) is 15.7. The summed E-state index contributed by atoms with van der Waals surface area (Å²) in [5.74, 6) is 0.284. The molecule has 7 nitrogen and oxygen atoms in total. The number of halogens is 1. The number of hydrogen-bond donors (Lipinski definition) is 1. The standard InChI is InChI=1S/C19H21ClN2O5S/c1-14(19(23)22-10-12-26-13-11-22)27-15-6-8-16(9-7-15)28(24,25)21-18-5-3-2-4-17(18)20/h2-9,14,21H,10-13H2,1H3/t14-/m1/s1. The lowest BCUT2D eigenvalue weighted by Crippen LogP contribution is -2.46. The van der Waals surface area contributed by atoms with E-state index in [1.54, 1.807) is 36.1 Å². The average molecular weight is 425 g/mol. The highest BCUT2D eigenvalue weighted by atomic mass is 35.5. The molecule has 0 spiro atoms. The van der Waals surface area contributed by atoms with Crippen LogP contribution in [0.25, 0.3) is 0 Å². The molecule has 1 saturated heterocycles. The van der Waals surface area contributed by atoms with E-state index in [0.717, 1.165) is 0 Å². The molecule has 1 fully saturated rings. The van der Waals surface area contributed by atoms with Gasteiger partial charge in [-0.1, -0.05) is 23.7 Å². The van der Waals surface area contributed by atoms with Gasteiger partial charge in [-0.25, -0.2) is 8.42 Å². The molecule has 28 heavy (non-hydrogen) atoms. The van der Waals surface area contributed by atoms with E-state index in [9.17, 15) is 13.2 Å². The molecular weight excluding hydrogens is 404 g/mol. The molecule has 0 radical (unpaired) electrons. The number of hydrogen-bond acceptors (Lipinski definition) is 5. The number of carbonyl (C=O) groups excluding carboxylic acids is 1. The van der Waals surface area contributed by atoms with E-state index in [0.29, 0.717) is 42.8 Å². The number of benzene rings is 2. The Morgan fingerprint density at radius 1 is 1.14 bits per heavy atom. The summed E-state index contributed by atoms with van der Waals surface area (Å²) >= 11 is 6.00. The van der Waals surface area contributed by atoms with Crippen LogP contribution in [0.4, 0.5) is 5.69 Å². The van der Waals surface area contributed by atoms with Crippen LogP contribution in [0, 0.1) is 0 Å². The van der Waals surface area contributed by atoms with Crippen LogP contribution in [0.2, 0.25) is 5.02 Å². The minimum Gasteiger partial charge on any atom is -0.481 e. The SMILES string of the molecule is C[C@@H](Oc1ccc(S(=O)(=O)Nc2ccccc2Cl)cc1)C(=O)N1CCOCC1. The first-order chi connectivity index (χ1) is 13.4. The predicted molar refractivity (Wildman–Crippen MR) is 106 cm³/mol. The molecule has 2 aromatic carbocycles. The third kappa shape index (κ3) is 4.95. The van der Waals surface area contributed by atoms with Crippen molar-refractivity contribution >= 4 is 33.2 Å². The monoisotopic (exact) mass is 424 g/mol. The number of nitrogens with zero attached hydrogens (tertiary/aromatic N) is 1. The second-order valence-corrected chi connectivity index (χ2v) is 8.34. The molecule has 150 valence electrons. The predicted octanol–water partition coefficient (Wildman–Crippen LogP) is 2.77. The molecule has 1 atom stereocenters. The van der Waals surface area contributed by atoms with Gasteiger partial charge in [-0.3, -0.25) is 9.52 Å². The van der Waals surface area contributed by atoms with E-state index in [1.807, 2.05) is 0 Å². The quantitative estimate of drug-likeness (QED) is 0.770. The summed E-state index contributed by atoms with van der Waals surface area (Å²) in [6.45, 7) is 3.78. The first kappa shape index (κ1) is 20.4. The van der Waals surface area contributed by atoms with Crippen LogP contribution < -0.4 is 9.46 Å². The number of sulfonamides is 1. The van der Waals surface area contributed by atoms with Gasteiger partial charge in [0.15, 0.2) is 6.10 Å².